The van der Waals surface area contributed by atoms with Crippen molar-refractivity contribution in [3.63, 3.8) is 0 Å². The lowest BCUT2D eigenvalue weighted by molar-refractivity contribution is 0.0486. The summed E-state index contributed by atoms with van der Waals surface area (Å²) in [5.41, 5.74) is 3.91. The van der Waals surface area contributed by atoms with E-state index in [1.54, 1.807) is 6.07 Å². The Morgan fingerprint density at radius 2 is 1.90 bits per heavy atom. The van der Waals surface area contributed by atoms with Crippen LogP contribution >= 0.6 is 0 Å². The van der Waals surface area contributed by atoms with Gasteiger partial charge in [0.2, 0.25) is 0 Å². The van der Waals surface area contributed by atoms with Gasteiger partial charge in [-0.2, -0.15) is 0 Å². The van der Waals surface area contributed by atoms with Gasteiger partial charge in [0.1, 0.15) is 5.82 Å². The monoisotopic (exact) mass is 394 g/mol. The Balaban J connectivity index is 1.43. The highest BCUT2D eigenvalue weighted by Gasteiger charge is 2.27. The Labute approximate surface area is 170 Å². The molecule has 29 heavy (non-hydrogen) atoms. The number of benzene rings is 1. The predicted octanol–water partition coefficient (Wildman–Crippen LogP) is 3.15. The average Bonchev–Trinajstić information content (AvgIpc) is 2.70. The number of fused-ring (bicyclic) bond motifs is 1. The molecule has 3 aromatic rings. The first-order chi connectivity index (χ1) is 14.1. The number of nitrogens with zero attached hydrogens (tertiary/aromatic N) is 4. The molecule has 1 aliphatic heterocycles. The van der Waals surface area contributed by atoms with Gasteiger partial charge in [-0.25, -0.2) is 4.39 Å². The molecule has 152 valence electrons. The summed E-state index contributed by atoms with van der Waals surface area (Å²) in [6.07, 6.45) is 0.743. The fourth-order valence-corrected chi connectivity index (χ4v) is 4.08. The van der Waals surface area contributed by atoms with Gasteiger partial charge in [-0.1, -0.05) is 12.1 Å². The van der Waals surface area contributed by atoms with Gasteiger partial charge < -0.3 is 5.11 Å². The molecule has 1 atom stereocenters. The number of rotatable bonds is 6. The third-order valence-corrected chi connectivity index (χ3v) is 5.56. The molecular weight excluding hydrogens is 367 g/mol. The summed E-state index contributed by atoms with van der Waals surface area (Å²) in [5.74, 6) is -0.238. The molecule has 0 saturated carbocycles. The molecule has 0 amide bonds. The van der Waals surface area contributed by atoms with Crippen LogP contribution in [0.3, 0.4) is 0 Å². The summed E-state index contributed by atoms with van der Waals surface area (Å²) in [4.78, 5) is 14.1. The van der Waals surface area contributed by atoms with E-state index in [1.807, 2.05) is 31.2 Å². The zero-order valence-corrected chi connectivity index (χ0v) is 16.8. The summed E-state index contributed by atoms with van der Waals surface area (Å²) in [6.45, 7) is 6.50. The molecule has 0 radical (unpaired) electrons. The quantitative estimate of drug-likeness (QED) is 0.696. The normalized spacial score (nSPS) is 18.4. The molecule has 1 fully saturated rings. The summed E-state index contributed by atoms with van der Waals surface area (Å²) in [5, 5.41) is 10.4. The zero-order chi connectivity index (χ0) is 20.2. The van der Waals surface area contributed by atoms with Crippen molar-refractivity contribution in [3.05, 3.63) is 71.4 Å². The van der Waals surface area contributed by atoms with Crippen LogP contribution in [0.2, 0.25) is 0 Å². The highest BCUT2D eigenvalue weighted by Crippen LogP contribution is 2.19. The van der Waals surface area contributed by atoms with Crippen LogP contribution in [0, 0.1) is 12.7 Å². The molecule has 0 bridgehead atoms. The number of aromatic nitrogens is 2. The second-order valence-corrected chi connectivity index (χ2v) is 7.78. The second kappa shape index (κ2) is 8.95. The maximum atomic E-state index is 13.4. The Morgan fingerprint density at radius 1 is 1.03 bits per heavy atom. The lowest BCUT2D eigenvalue weighted by atomic mass is 10.1. The molecule has 1 aromatic carbocycles. The van der Waals surface area contributed by atoms with Gasteiger partial charge in [-0.15, -0.1) is 0 Å². The number of hydrogen-bond acceptors (Lipinski definition) is 5. The van der Waals surface area contributed by atoms with Gasteiger partial charge in [-0.05, 0) is 49.7 Å². The van der Waals surface area contributed by atoms with Crippen LogP contribution in [0.5, 0.6) is 0 Å². The van der Waals surface area contributed by atoms with Crippen molar-refractivity contribution >= 4 is 10.9 Å². The van der Waals surface area contributed by atoms with E-state index in [-0.39, 0.29) is 18.5 Å². The van der Waals surface area contributed by atoms with Crippen LogP contribution in [-0.4, -0.2) is 57.2 Å². The molecule has 3 heterocycles. The van der Waals surface area contributed by atoms with Crippen molar-refractivity contribution < 1.29 is 9.50 Å². The van der Waals surface area contributed by atoms with E-state index in [2.05, 4.69) is 20.9 Å². The SMILES string of the molecule is Cc1cccc(CN2CCN(Cc3ccc4cc(F)ccc4n3)C[C@H]2CCO)n1. The van der Waals surface area contributed by atoms with E-state index < -0.39 is 0 Å². The Morgan fingerprint density at radius 3 is 2.72 bits per heavy atom. The first kappa shape index (κ1) is 19.9. The van der Waals surface area contributed by atoms with Gasteiger partial charge in [0.25, 0.3) is 0 Å². The molecule has 2 aromatic heterocycles. The number of hydrogen-bond donors (Lipinski definition) is 1. The molecule has 1 saturated heterocycles. The fourth-order valence-electron chi connectivity index (χ4n) is 4.08. The number of pyridine rings is 2. The highest BCUT2D eigenvalue weighted by molar-refractivity contribution is 5.78. The zero-order valence-electron chi connectivity index (χ0n) is 16.8. The molecule has 0 aliphatic carbocycles. The minimum absolute atomic E-state index is 0.177. The van der Waals surface area contributed by atoms with Gasteiger partial charge in [0.15, 0.2) is 0 Å². The van der Waals surface area contributed by atoms with Crippen molar-refractivity contribution in [3.8, 4) is 0 Å². The van der Waals surface area contributed by atoms with Crippen LogP contribution in [0.4, 0.5) is 4.39 Å². The van der Waals surface area contributed by atoms with Gasteiger partial charge in [0, 0.05) is 56.5 Å². The smallest absolute Gasteiger partial charge is 0.123 e. The first-order valence-electron chi connectivity index (χ1n) is 10.2. The predicted molar refractivity (Wildman–Crippen MR) is 112 cm³/mol. The van der Waals surface area contributed by atoms with Crippen LogP contribution in [0.15, 0.2) is 48.5 Å². The summed E-state index contributed by atoms with van der Waals surface area (Å²) in [7, 11) is 0. The first-order valence-corrected chi connectivity index (χ1v) is 10.2. The number of aryl methyl sites for hydroxylation is 1. The van der Waals surface area contributed by atoms with Crippen molar-refractivity contribution in [2.24, 2.45) is 0 Å². The lowest BCUT2D eigenvalue weighted by Gasteiger charge is -2.41. The minimum atomic E-state index is -0.238. The van der Waals surface area contributed by atoms with Crippen molar-refractivity contribution in [1.82, 2.24) is 19.8 Å². The molecule has 0 spiro atoms. The van der Waals surface area contributed by atoms with Crippen molar-refractivity contribution in [1.29, 1.82) is 0 Å². The summed E-state index contributed by atoms with van der Waals surface area (Å²) in [6, 6.07) is 15.0. The molecule has 0 unspecified atom stereocenters. The standard InChI is InChI=1S/C23H27FN4O/c1-17-3-2-4-20(25-17)15-28-11-10-27(16-22(28)9-12-29)14-21-7-5-18-13-19(24)6-8-23(18)26-21/h2-8,13,22,29H,9-12,14-16H2,1H3/t22-/m1/s1. The second-order valence-electron chi connectivity index (χ2n) is 7.78. The number of aliphatic hydroxyl groups is 1. The van der Waals surface area contributed by atoms with Crippen LogP contribution < -0.4 is 0 Å². The van der Waals surface area contributed by atoms with E-state index in [0.717, 1.165) is 67.1 Å². The van der Waals surface area contributed by atoms with Crippen LogP contribution in [-0.2, 0) is 13.1 Å². The van der Waals surface area contributed by atoms with E-state index in [9.17, 15) is 9.50 Å². The molecule has 6 heteroatoms. The van der Waals surface area contributed by atoms with Crippen LogP contribution in [0.25, 0.3) is 10.9 Å². The van der Waals surface area contributed by atoms with E-state index in [4.69, 9.17) is 4.98 Å². The Hall–Kier alpha value is -2.41. The summed E-state index contributed by atoms with van der Waals surface area (Å²) >= 11 is 0. The molecule has 1 N–H and O–H groups in total. The van der Waals surface area contributed by atoms with E-state index in [0.29, 0.717) is 0 Å². The van der Waals surface area contributed by atoms with Gasteiger partial charge >= 0.3 is 0 Å². The summed E-state index contributed by atoms with van der Waals surface area (Å²) < 4.78 is 13.4. The van der Waals surface area contributed by atoms with E-state index >= 15 is 0 Å². The number of piperazine rings is 1. The lowest BCUT2D eigenvalue weighted by Crippen LogP contribution is -2.52. The highest BCUT2D eigenvalue weighted by atomic mass is 19.1. The fraction of sp³-hybridized carbons (Fsp3) is 0.391. The van der Waals surface area contributed by atoms with Gasteiger partial charge in [0.05, 0.1) is 16.9 Å². The largest absolute Gasteiger partial charge is 0.396 e. The minimum Gasteiger partial charge on any atom is -0.396 e. The third kappa shape index (κ3) is 4.96. The van der Waals surface area contributed by atoms with Crippen molar-refractivity contribution in [2.45, 2.75) is 32.5 Å². The average molecular weight is 394 g/mol. The van der Waals surface area contributed by atoms with E-state index in [1.165, 1.54) is 12.1 Å². The Bertz CT molecular complexity index is 980. The van der Waals surface area contributed by atoms with Gasteiger partial charge in [-0.3, -0.25) is 19.8 Å². The van der Waals surface area contributed by atoms with Crippen molar-refractivity contribution in [2.75, 3.05) is 26.2 Å². The number of aliphatic hydroxyl groups excluding tert-OH is 1. The Kier molecular flexibility index (Phi) is 6.13. The third-order valence-electron chi connectivity index (χ3n) is 5.56. The molecule has 4 rings (SSSR count). The maximum Gasteiger partial charge on any atom is 0.123 e. The maximum absolute atomic E-state index is 13.4. The molecular formula is C23H27FN4O. The van der Waals surface area contributed by atoms with Crippen LogP contribution in [0.1, 0.15) is 23.5 Å². The molecule has 5 nitrogen and oxygen atoms in total. The topological polar surface area (TPSA) is 52.5 Å². The molecule has 1 aliphatic rings. The number of halogens is 1.